The van der Waals surface area contributed by atoms with Crippen molar-refractivity contribution in [2.24, 2.45) is 0 Å². The molecule has 1 amide bonds. The summed E-state index contributed by atoms with van der Waals surface area (Å²) in [6.45, 7) is 3.77. The summed E-state index contributed by atoms with van der Waals surface area (Å²) in [5.74, 6) is -0.0264. The molecule has 0 saturated carbocycles. The fourth-order valence-corrected chi connectivity index (χ4v) is 2.03. The molecular weight excluding hydrogens is 312 g/mol. The van der Waals surface area contributed by atoms with Crippen LogP contribution in [0.2, 0.25) is 0 Å². The van der Waals surface area contributed by atoms with Gasteiger partial charge in [-0.05, 0) is 18.9 Å². The lowest BCUT2D eigenvalue weighted by atomic mass is 10.1. The van der Waals surface area contributed by atoms with Crippen LogP contribution in [0.25, 0.3) is 0 Å². The molecule has 1 rings (SSSR count). The van der Waals surface area contributed by atoms with Gasteiger partial charge in [0.05, 0.1) is 15.8 Å². The van der Waals surface area contributed by atoms with Gasteiger partial charge in [-0.2, -0.15) is 0 Å². The number of non-ortho nitro benzene ring substituents is 1. The number of nitro groups is 1. The number of nitro benzene ring substituents is 1. The third-order valence-electron chi connectivity index (χ3n) is 3.12. The number of halogens is 1. The first-order valence-electron chi connectivity index (χ1n) is 6.03. The summed E-state index contributed by atoms with van der Waals surface area (Å²) in [4.78, 5) is 23.7. The predicted octanol–water partition coefficient (Wildman–Crippen LogP) is 3.29. The molecule has 0 N–H and O–H groups in total. The minimum absolute atomic E-state index is 0.0264. The van der Waals surface area contributed by atoms with Crippen LogP contribution in [-0.2, 0) is 4.79 Å². The molecule has 5 nitrogen and oxygen atoms in total. The highest BCUT2D eigenvalue weighted by molar-refractivity contribution is 9.10. The summed E-state index contributed by atoms with van der Waals surface area (Å²) in [6, 6.07) is 6.16. The highest BCUT2D eigenvalue weighted by Gasteiger charge is 2.23. The van der Waals surface area contributed by atoms with Gasteiger partial charge < -0.3 is 4.90 Å². The van der Waals surface area contributed by atoms with E-state index >= 15 is 0 Å². The molecule has 0 aliphatic carbocycles. The Labute approximate surface area is 120 Å². The van der Waals surface area contributed by atoms with Gasteiger partial charge in [0.15, 0.2) is 0 Å². The molecule has 0 bridgehead atoms. The normalized spacial score (nSPS) is 13.7. The quantitative estimate of drug-likeness (QED) is 0.473. The molecule has 0 aliphatic rings. The van der Waals surface area contributed by atoms with Crippen LogP contribution < -0.4 is 0 Å². The highest BCUT2D eigenvalue weighted by atomic mass is 79.9. The van der Waals surface area contributed by atoms with Crippen molar-refractivity contribution in [3.8, 4) is 0 Å². The van der Waals surface area contributed by atoms with E-state index in [-0.39, 0.29) is 22.5 Å². The van der Waals surface area contributed by atoms with Crippen LogP contribution in [0.1, 0.15) is 31.9 Å². The lowest BCUT2D eigenvalue weighted by molar-refractivity contribution is -0.384. The second kappa shape index (κ2) is 6.65. The van der Waals surface area contributed by atoms with Crippen LogP contribution in [0, 0.1) is 10.1 Å². The first-order chi connectivity index (χ1) is 8.88. The second-order valence-electron chi connectivity index (χ2n) is 4.35. The zero-order valence-electron chi connectivity index (χ0n) is 11.2. The van der Waals surface area contributed by atoms with Gasteiger partial charge in [-0.25, -0.2) is 0 Å². The van der Waals surface area contributed by atoms with Crippen LogP contribution in [0.5, 0.6) is 0 Å². The first kappa shape index (κ1) is 15.6. The molecule has 19 heavy (non-hydrogen) atoms. The van der Waals surface area contributed by atoms with E-state index in [0.717, 1.165) is 5.56 Å². The molecule has 1 aromatic rings. The van der Waals surface area contributed by atoms with E-state index < -0.39 is 4.92 Å². The van der Waals surface area contributed by atoms with E-state index in [1.54, 1.807) is 24.1 Å². The maximum atomic E-state index is 12.1. The number of nitrogens with zero attached hydrogens (tertiary/aromatic N) is 2. The van der Waals surface area contributed by atoms with E-state index in [1.807, 2.05) is 13.8 Å². The Morgan fingerprint density at radius 3 is 2.68 bits per heavy atom. The molecular formula is C13H17BrN2O3. The van der Waals surface area contributed by atoms with Gasteiger partial charge in [0.25, 0.3) is 5.69 Å². The number of amides is 1. The average Bonchev–Trinajstić information content (AvgIpc) is 2.44. The van der Waals surface area contributed by atoms with Gasteiger partial charge in [0.1, 0.15) is 0 Å². The Kier molecular flexibility index (Phi) is 5.47. The van der Waals surface area contributed by atoms with Crippen molar-refractivity contribution in [3.05, 3.63) is 39.9 Å². The standard InChI is InChI=1S/C13H17BrN2O3/c1-4-12(14)13(17)15(3)9(2)10-6-5-7-11(8-10)16(18)19/h5-9,12H,4H2,1-3H3. The van der Waals surface area contributed by atoms with Crippen LogP contribution >= 0.6 is 15.9 Å². The summed E-state index contributed by atoms with van der Waals surface area (Å²) >= 11 is 3.32. The van der Waals surface area contributed by atoms with Crippen molar-refractivity contribution in [2.75, 3.05) is 7.05 Å². The van der Waals surface area contributed by atoms with Gasteiger partial charge in [-0.3, -0.25) is 14.9 Å². The van der Waals surface area contributed by atoms with Gasteiger partial charge in [0, 0.05) is 19.2 Å². The smallest absolute Gasteiger partial charge is 0.269 e. The number of benzene rings is 1. The average molecular weight is 329 g/mol. The van der Waals surface area contributed by atoms with Crippen LogP contribution in [0.3, 0.4) is 0 Å². The first-order valence-corrected chi connectivity index (χ1v) is 6.95. The Bertz CT molecular complexity index is 479. The number of carbonyl (C=O) groups is 1. The number of carbonyl (C=O) groups excluding carboxylic acids is 1. The Hall–Kier alpha value is -1.43. The van der Waals surface area contributed by atoms with Gasteiger partial charge in [-0.1, -0.05) is 35.0 Å². The largest absolute Gasteiger partial charge is 0.338 e. The fourth-order valence-electron chi connectivity index (χ4n) is 1.71. The van der Waals surface area contributed by atoms with Crippen molar-refractivity contribution >= 4 is 27.5 Å². The van der Waals surface area contributed by atoms with Crippen molar-refractivity contribution in [1.29, 1.82) is 0 Å². The second-order valence-corrected chi connectivity index (χ2v) is 5.46. The maximum Gasteiger partial charge on any atom is 0.269 e. The van der Waals surface area contributed by atoms with Crippen molar-refractivity contribution in [2.45, 2.75) is 31.1 Å². The van der Waals surface area contributed by atoms with Crippen molar-refractivity contribution in [3.63, 3.8) is 0 Å². The number of rotatable bonds is 5. The molecule has 0 heterocycles. The zero-order valence-corrected chi connectivity index (χ0v) is 12.8. The van der Waals surface area contributed by atoms with Crippen LogP contribution in [0.15, 0.2) is 24.3 Å². The lowest BCUT2D eigenvalue weighted by Gasteiger charge is -2.27. The molecule has 2 atom stereocenters. The summed E-state index contributed by atoms with van der Waals surface area (Å²) < 4.78 is 0. The highest BCUT2D eigenvalue weighted by Crippen LogP contribution is 2.24. The number of alkyl halides is 1. The molecule has 0 aromatic heterocycles. The molecule has 0 aliphatic heterocycles. The van der Waals surface area contributed by atoms with Gasteiger partial charge >= 0.3 is 0 Å². The molecule has 0 spiro atoms. The molecule has 6 heteroatoms. The minimum atomic E-state index is -0.433. The Balaban J connectivity index is 2.93. The maximum absolute atomic E-state index is 12.1. The van der Waals surface area contributed by atoms with Crippen molar-refractivity contribution in [1.82, 2.24) is 4.90 Å². The SMILES string of the molecule is CCC(Br)C(=O)N(C)C(C)c1cccc([N+](=O)[O-])c1. The third kappa shape index (κ3) is 3.76. The summed E-state index contributed by atoms with van der Waals surface area (Å²) in [7, 11) is 1.70. The zero-order chi connectivity index (χ0) is 14.6. The van der Waals surface area contributed by atoms with E-state index in [4.69, 9.17) is 0 Å². The molecule has 0 fully saturated rings. The molecule has 2 unspecified atom stereocenters. The van der Waals surface area contributed by atoms with Crippen molar-refractivity contribution < 1.29 is 9.72 Å². The fraction of sp³-hybridized carbons (Fsp3) is 0.462. The van der Waals surface area contributed by atoms with Gasteiger partial charge in [-0.15, -0.1) is 0 Å². The molecule has 1 aromatic carbocycles. The van der Waals surface area contributed by atoms with E-state index in [0.29, 0.717) is 6.42 Å². The minimum Gasteiger partial charge on any atom is -0.338 e. The number of hydrogen-bond acceptors (Lipinski definition) is 3. The molecule has 104 valence electrons. The molecule has 0 saturated heterocycles. The van der Waals surface area contributed by atoms with E-state index in [2.05, 4.69) is 15.9 Å². The Morgan fingerprint density at radius 1 is 1.53 bits per heavy atom. The lowest BCUT2D eigenvalue weighted by Crippen LogP contribution is -2.35. The van der Waals surface area contributed by atoms with Crippen LogP contribution in [0.4, 0.5) is 5.69 Å². The topological polar surface area (TPSA) is 63.5 Å². The predicted molar refractivity (Wildman–Crippen MR) is 77.3 cm³/mol. The monoisotopic (exact) mass is 328 g/mol. The number of hydrogen-bond donors (Lipinski definition) is 0. The summed E-state index contributed by atoms with van der Waals surface area (Å²) in [6.07, 6.45) is 0.699. The Morgan fingerprint density at radius 2 is 2.16 bits per heavy atom. The summed E-state index contributed by atoms with van der Waals surface area (Å²) in [5.41, 5.74) is 0.789. The van der Waals surface area contributed by atoms with E-state index in [1.165, 1.54) is 12.1 Å². The van der Waals surface area contributed by atoms with Crippen LogP contribution in [-0.4, -0.2) is 27.6 Å². The molecule has 0 radical (unpaired) electrons. The van der Waals surface area contributed by atoms with Gasteiger partial charge in [0.2, 0.25) is 5.91 Å². The third-order valence-corrected chi connectivity index (χ3v) is 4.16. The van der Waals surface area contributed by atoms with E-state index in [9.17, 15) is 14.9 Å². The summed E-state index contributed by atoms with van der Waals surface area (Å²) in [5, 5.41) is 10.8.